The maximum Gasteiger partial charge on any atom is 0.224 e. The van der Waals surface area contributed by atoms with Gasteiger partial charge in [0.05, 0.1) is 37.3 Å². The van der Waals surface area contributed by atoms with Crippen LogP contribution in [0.1, 0.15) is 50.1 Å². The van der Waals surface area contributed by atoms with Crippen molar-refractivity contribution in [2.75, 3.05) is 23.4 Å². The maximum absolute atomic E-state index is 12.5. The van der Waals surface area contributed by atoms with Crippen molar-refractivity contribution < 1.29 is 9.53 Å². The molecule has 0 fully saturated rings. The molecular formula is C23H28N4O2. The van der Waals surface area contributed by atoms with E-state index in [1.807, 2.05) is 11.8 Å². The normalized spacial score (nSPS) is 23.9. The lowest BCUT2D eigenvalue weighted by atomic mass is 9.81. The van der Waals surface area contributed by atoms with Crippen molar-refractivity contribution in [3.8, 4) is 0 Å². The minimum atomic E-state index is 0.0352. The number of hydrogen-bond donors (Lipinski definition) is 1. The van der Waals surface area contributed by atoms with Gasteiger partial charge in [-0.2, -0.15) is 0 Å². The van der Waals surface area contributed by atoms with E-state index in [0.717, 1.165) is 35.8 Å². The third-order valence-electron chi connectivity index (χ3n) is 6.07. The van der Waals surface area contributed by atoms with Gasteiger partial charge < -0.3 is 15.0 Å². The molecular weight excluding hydrogens is 364 g/mol. The Labute approximate surface area is 172 Å². The minimum absolute atomic E-state index is 0.0352. The molecule has 1 aromatic heterocycles. The van der Waals surface area contributed by atoms with Crippen molar-refractivity contribution in [3.05, 3.63) is 53.5 Å². The summed E-state index contributed by atoms with van der Waals surface area (Å²) in [5, 5.41) is 3.58. The lowest BCUT2D eigenvalue weighted by Gasteiger charge is -2.44. The number of carbonyl (C=O) groups is 1. The standard InChI is InChI=1S/C23H28N4O2/c1-14-12-25-22(13-24-14)26-23-15(2)16(3)27(17(4)28)21-6-5-19(11-20(21)23)18-7-9-29-10-8-18/h5-7,11-13,15-16,23H,8-10H2,1-4H3,(H,25,26)/t15-,16-,23+/m0/s1. The van der Waals surface area contributed by atoms with Gasteiger partial charge in [0.2, 0.25) is 5.91 Å². The van der Waals surface area contributed by atoms with Crippen molar-refractivity contribution in [2.45, 2.75) is 46.2 Å². The van der Waals surface area contributed by atoms with Gasteiger partial charge in [-0.05, 0) is 49.1 Å². The van der Waals surface area contributed by atoms with Gasteiger partial charge in [0.15, 0.2) is 0 Å². The van der Waals surface area contributed by atoms with E-state index in [0.29, 0.717) is 6.61 Å². The van der Waals surface area contributed by atoms with Crippen LogP contribution in [0.4, 0.5) is 11.5 Å². The fourth-order valence-corrected chi connectivity index (χ4v) is 4.32. The number of benzene rings is 1. The predicted molar refractivity (Wildman–Crippen MR) is 115 cm³/mol. The van der Waals surface area contributed by atoms with E-state index in [1.54, 1.807) is 19.3 Å². The molecule has 0 bridgehead atoms. The Morgan fingerprint density at radius 2 is 2.07 bits per heavy atom. The minimum Gasteiger partial charge on any atom is -0.377 e. The fourth-order valence-electron chi connectivity index (χ4n) is 4.32. The van der Waals surface area contributed by atoms with Crippen LogP contribution in [0.15, 0.2) is 36.7 Å². The zero-order chi connectivity index (χ0) is 20.5. The smallest absolute Gasteiger partial charge is 0.224 e. The summed E-state index contributed by atoms with van der Waals surface area (Å²) < 4.78 is 5.47. The number of nitrogens with zero attached hydrogens (tertiary/aromatic N) is 3. The van der Waals surface area contributed by atoms with Gasteiger partial charge in [0.25, 0.3) is 0 Å². The van der Waals surface area contributed by atoms with Crippen LogP contribution >= 0.6 is 0 Å². The molecule has 6 heteroatoms. The summed E-state index contributed by atoms with van der Waals surface area (Å²) in [4.78, 5) is 23.2. The average molecular weight is 393 g/mol. The van der Waals surface area contributed by atoms with E-state index in [2.05, 4.69) is 53.4 Å². The van der Waals surface area contributed by atoms with Crippen molar-refractivity contribution in [2.24, 2.45) is 5.92 Å². The topological polar surface area (TPSA) is 67.3 Å². The Hall–Kier alpha value is -2.73. The lowest BCUT2D eigenvalue weighted by molar-refractivity contribution is -0.117. The number of aromatic nitrogens is 2. The number of anilines is 2. The van der Waals surface area contributed by atoms with Gasteiger partial charge in [0.1, 0.15) is 5.82 Å². The Morgan fingerprint density at radius 3 is 2.72 bits per heavy atom. The van der Waals surface area contributed by atoms with E-state index in [-0.39, 0.29) is 23.9 Å². The Balaban J connectivity index is 1.78. The molecule has 0 saturated heterocycles. The van der Waals surface area contributed by atoms with E-state index >= 15 is 0 Å². The van der Waals surface area contributed by atoms with Crippen LogP contribution in [-0.4, -0.2) is 35.1 Å². The van der Waals surface area contributed by atoms with Crippen LogP contribution in [0.5, 0.6) is 0 Å². The summed E-state index contributed by atoms with van der Waals surface area (Å²) in [7, 11) is 0. The van der Waals surface area contributed by atoms with Crippen molar-refractivity contribution >= 4 is 23.0 Å². The van der Waals surface area contributed by atoms with Crippen LogP contribution in [-0.2, 0) is 9.53 Å². The zero-order valence-electron chi connectivity index (χ0n) is 17.5. The van der Waals surface area contributed by atoms with E-state index < -0.39 is 0 Å². The fraction of sp³-hybridized carbons (Fsp3) is 0.435. The number of ether oxygens (including phenoxy) is 1. The second-order valence-electron chi connectivity index (χ2n) is 7.98. The first-order chi connectivity index (χ1) is 14.0. The highest BCUT2D eigenvalue weighted by Crippen LogP contribution is 2.43. The Morgan fingerprint density at radius 1 is 1.24 bits per heavy atom. The monoisotopic (exact) mass is 392 g/mol. The highest BCUT2D eigenvalue weighted by atomic mass is 16.5. The Kier molecular flexibility index (Phi) is 5.37. The SMILES string of the molecule is CC(=O)N1c2ccc(C3=CCOCC3)cc2[C@H](Nc2cnc(C)cn2)[C@@H](C)[C@@H]1C. The number of rotatable bonds is 3. The zero-order valence-corrected chi connectivity index (χ0v) is 17.5. The molecule has 0 aliphatic carbocycles. The second-order valence-corrected chi connectivity index (χ2v) is 7.98. The summed E-state index contributed by atoms with van der Waals surface area (Å²) in [5.74, 6) is 1.02. The Bertz CT molecular complexity index is 938. The summed E-state index contributed by atoms with van der Waals surface area (Å²) in [6.07, 6.45) is 6.60. The van der Waals surface area contributed by atoms with Crippen LogP contribution in [0.3, 0.4) is 0 Å². The lowest BCUT2D eigenvalue weighted by Crippen LogP contribution is -2.48. The molecule has 4 rings (SSSR count). The second kappa shape index (κ2) is 7.95. The highest BCUT2D eigenvalue weighted by molar-refractivity contribution is 5.94. The van der Waals surface area contributed by atoms with Gasteiger partial charge in [-0.1, -0.05) is 19.1 Å². The molecule has 0 unspecified atom stereocenters. The van der Waals surface area contributed by atoms with Crippen molar-refractivity contribution in [1.82, 2.24) is 9.97 Å². The van der Waals surface area contributed by atoms with Gasteiger partial charge in [-0.3, -0.25) is 9.78 Å². The third-order valence-corrected chi connectivity index (χ3v) is 6.07. The highest BCUT2D eigenvalue weighted by Gasteiger charge is 2.38. The number of fused-ring (bicyclic) bond motifs is 1. The van der Waals surface area contributed by atoms with Crippen molar-refractivity contribution in [1.29, 1.82) is 0 Å². The average Bonchev–Trinajstić information content (AvgIpc) is 2.73. The number of hydrogen-bond acceptors (Lipinski definition) is 5. The van der Waals surface area contributed by atoms with Gasteiger partial charge in [-0.25, -0.2) is 4.98 Å². The molecule has 3 heterocycles. The largest absolute Gasteiger partial charge is 0.377 e. The molecule has 1 aromatic carbocycles. The summed E-state index contributed by atoms with van der Waals surface area (Å²) >= 11 is 0. The summed E-state index contributed by atoms with van der Waals surface area (Å²) in [6, 6.07) is 6.54. The van der Waals surface area contributed by atoms with E-state index in [4.69, 9.17) is 4.74 Å². The summed E-state index contributed by atoms with van der Waals surface area (Å²) in [6.45, 7) is 9.26. The number of nitrogens with one attached hydrogen (secondary N) is 1. The first-order valence-electron chi connectivity index (χ1n) is 10.2. The first kappa shape index (κ1) is 19.6. The van der Waals surface area contributed by atoms with Gasteiger partial charge in [-0.15, -0.1) is 0 Å². The molecule has 0 radical (unpaired) electrons. The molecule has 0 saturated carbocycles. The molecule has 0 spiro atoms. The van der Waals surface area contributed by atoms with Crippen LogP contribution in [0.25, 0.3) is 5.57 Å². The predicted octanol–water partition coefficient (Wildman–Crippen LogP) is 4.13. The van der Waals surface area contributed by atoms with Gasteiger partial charge in [0, 0.05) is 24.6 Å². The van der Waals surface area contributed by atoms with Crippen molar-refractivity contribution in [3.63, 3.8) is 0 Å². The maximum atomic E-state index is 12.5. The van der Waals surface area contributed by atoms with E-state index in [9.17, 15) is 4.79 Å². The van der Waals surface area contributed by atoms with Crippen LogP contribution < -0.4 is 10.2 Å². The molecule has 2 aromatic rings. The molecule has 3 atom stereocenters. The van der Waals surface area contributed by atoms with E-state index in [1.165, 1.54) is 11.1 Å². The molecule has 2 aliphatic heterocycles. The quantitative estimate of drug-likeness (QED) is 0.851. The molecule has 1 amide bonds. The number of carbonyl (C=O) groups excluding carboxylic acids is 1. The third kappa shape index (κ3) is 3.77. The van der Waals surface area contributed by atoms with Gasteiger partial charge >= 0.3 is 0 Å². The van der Waals surface area contributed by atoms with Crippen LogP contribution in [0.2, 0.25) is 0 Å². The first-order valence-corrected chi connectivity index (χ1v) is 10.2. The number of amides is 1. The molecule has 152 valence electrons. The summed E-state index contributed by atoms with van der Waals surface area (Å²) in [5.41, 5.74) is 5.47. The molecule has 29 heavy (non-hydrogen) atoms. The molecule has 6 nitrogen and oxygen atoms in total. The molecule has 2 aliphatic rings. The van der Waals surface area contributed by atoms with Crippen LogP contribution in [0, 0.1) is 12.8 Å². The molecule has 1 N–H and O–H groups in total. The number of aryl methyl sites for hydroxylation is 1.